The summed E-state index contributed by atoms with van der Waals surface area (Å²) in [6.07, 6.45) is -1.23. The lowest BCUT2D eigenvalue weighted by atomic mass is 10.1. The second kappa shape index (κ2) is 4.82. The summed E-state index contributed by atoms with van der Waals surface area (Å²) in [5.41, 5.74) is -0.154. The minimum atomic E-state index is -1.20. The van der Waals surface area contributed by atoms with Gasteiger partial charge in [0, 0.05) is 23.1 Å². The van der Waals surface area contributed by atoms with Crippen LogP contribution in [0.1, 0.15) is 18.1 Å². The summed E-state index contributed by atoms with van der Waals surface area (Å²) in [5, 5.41) is 18.0. The van der Waals surface area contributed by atoms with Crippen LogP contribution < -0.4 is 0 Å². The molecule has 1 aromatic carbocycles. The third-order valence-electron chi connectivity index (χ3n) is 1.82. The minimum absolute atomic E-state index is 0.0288. The average Bonchev–Trinajstić information content (AvgIpc) is 2.13. The van der Waals surface area contributed by atoms with E-state index < -0.39 is 17.7 Å². The molecule has 1 unspecified atom stereocenters. The maximum Gasteiger partial charge on any atom is 0.165 e. The summed E-state index contributed by atoms with van der Waals surface area (Å²) < 4.78 is 26.3. The Bertz CT molecular complexity index is 331. The molecule has 0 spiro atoms. The summed E-state index contributed by atoms with van der Waals surface area (Å²) in [6.45, 7) is -0.288. The van der Waals surface area contributed by atoms with Gasteiger partial charge in [-0.1, -0.05) is 15.9 Å². The molecular formula is C9H9BrF2O2. The van der Waals surface area contributed by atoms with E-state index in [0.717, 1.165) is 6.07 Å². The van der Waals surface area contributed by atoms with Gasteiger partial charge >= 0.3 is 0 Å². The van der Waals surface area contributed by atoms with Crippen molar-refractivity contribution in [2.75, 3.05) is 6.61 Å². The lowest BCUT2D eigenvalue weighted by Gasteiger charge is -2.12. The molecule has 1 aromatic rings. The molecule has 0 aromatic heterocycles. The molecule has 78 valence electrons. The van der Waals surface area contributed by atoms with E-state index in [0.29, 0.717) is 0 Å². The normalized spacial score (nSPS) is 12.9. The second-order valence-electron chi connectivity index (χ2n) is 2.78. The van der Waals surface area contributed by atoms with Crippen molar-refractivity contribution in [2.45, 2.75) is 12.5 Å². The van der Waals surface area contributed by atoms with Gasteiger partial charge in [0.2, 0.25) is 0 Å². The van der Waals surface area contributed by atoms with Crippen LogP contribution in [0.2, 0.25) is 0 Å². The SMILES string of the molecule is OCCC(O)c1c(Br)ccc(F)c1F. The van der Waals surface area contributed by atoms with Crippen molar-refractivity contribution in [3.63, 3.8) is 0 Å². The number of rotatable bonds is 3. The highest BCUT2D eigenvalue weighted by atomic mass is 79.9. The molecular weight excluding hydrogens is 258 g/mol. The van der Waals surface area contributed by atoms with Crippen LogP contribution in [-0.4, -0.2) is 16.8 Å². The molecule has 2 nitrogen and oxygen atoms in total. The summed E-state index contributed by atoms with van der Waals surface area (Å²) in [6, 6.07) is 2.28. The van der Waals surface area contributed by atoms with Crippen LogP contribution in [-0.2, 0) is 0 Å². The minimum Gasteiger partial charge on any atom is -0.396 e. The Morgan fingerprint density at radius 1 is 1.36 bits per heavy atom. The predicted molar refractivity (Wildman–Crippen MR) is 50.7 cm³/mol. The molecule has 0 heterocycles. The maximum atomic E-state index is 13.2. The monoisotopic (exact) mass is 266 g/mol. The largest absolute Gasteiger partial charge is 0.396 e. The smallest absolute Gasteiger partial charge is 0.165 e. The molecule has 0 bridgehead atoms. The fraction of sp³-hybridized carbons (Fsp3) is 0.333. The maximum absolute atomic E-state index is 13.2. The van der Waals surface area contributed by atoms with Crippen molar-refractivity contribution in [3.8, 4) is 0 Å². The van der Waals surface area contributed by atoms with Crippen molar-refractivity contribution in [1.29, 1.82) is 0 Å². The molecule has 0 amide bonds. The summed E-state index contributed by atoms with van der Waals surface area (Å²) in [5.74, 6) is -2.10. The van der Waals surface area contributed by atoms with E-state index in [-0.39, 0.29) is 23.1 Å². The Kier molecular flexibility index (Phi) is 3.97. The zero-order chi connectivity index (χ0) is 10.7. The highest BCUT2D eigenvalue weighted by Gasteiger charge is 2.18. The molecule has 0 saturated carbocycles. The first kappa shape index (κ1) is 11.6. The van der Waals surface area contributed by atoms with E-state index in [9.17, 15) is 13.9 Å². The lowest BCUT2D eigenvalue weighted by Crippen LogP contribution is -2.05. The first-order chi connectivity index (χ1) is 6.57. The number of hydrogen-bond acceptors (Lipinski definition) is 2. The van der Waals surface area contributed by atoms with E-state index in [1.807, 2.05) is 0 Å². The lowest BCUT2D eigenvalue weighted by molar-refractivity contribution is 0.129. The van der Waals surface area contributed by atoms with E-state index in [1.54, 1.807) is 0 Å². The first-order valence-corrected chi connectivity index (χ1v) is 4.79. The molecule has 0 aliphatic heterocycles. The summed E-state index contributed by atoms with van der Waals surface area (Å²) in [7, 11) is 0. The van der Waals surface area contributed by atoms with Crippen molar-refractivity contribution < 1.29 is 19.0 Å². The van der Waals surface area contributed by atoms with Crippen LogP contribution in [0.4, 0.5) is 8.78 Å². The van der Waals surface area contributed by atoms with Gasteiger partial charge in [-0.3, -0.25) is 0 Å². The zero-order valence-corrected chi connectivity index (χ0v) is 8.76. The van der Waals surface area contributed by atoms with Crippen LogP contribution in [0.25, 0.3) is 0 Å². The van der Waals surface area contributed by atoms with Crippen LogP contribution in [0.5, 0.6) is 0 Å². The topological polar surface area (TPSA) is 40.5 Å². The summed E-state index contributed by atoms with van der Waals surface area (Å²) in [4.78, 5) is 0. The van der Waals surface area contributed by atoms with E-state index >= 15 is 0 Å². The number of aliphatic hydroxyl groups excluding tert-OH is 2. The Labute approximate surface area is 88.3 Å². The van der Waals surface area contributed by atoms with Gasteiger partial charge in [0.05, 0.1) is 6.10 Å². The van der Waals surface area contributed by atoms with Gasteiger partial charge in [0.15, 0.2) is 11.6 Å². The van der Waals surface area contributed by atoms with Gasteiger partial charge in [0.1, 0.15) is 0 Å². The molecule has 0 aliphatic carbocycles. The number of halogens is 3. The average molecular weight is 267 g/mol. The van der Waals surface area contributed by atoms with E-state index in [4.69, 9.17) is 5.11 Å². The molecule has 1 atom stereocenters. The molecule has 0 radical (unpaired) electrons. The molecule has 2 N–H and O–H groups in total. The predicted octanol–water partition coefficient (Wildman–Crippen LogP) is 2.14. The third kappa shape index (κ3) is 2.29. The summed E-state index contributed by atoms with van der Waals surface area (Å²) >= 11 is 3.00. The van der Waals surface area contributed by atoms with Gasteiger partial charge in [-0.15, -0.1) is 0 Å². The number of aliphatic hydroxyl groups is 2. The standard InChI is InChI=1S/C9H9BrF2O2/c10-5-1-2-6(11)9(12)8(5)7(14)3-4-13/h1-2,7,13-14H,3-4H2. The first-order valence-electron chi connectivity index (χ1n) is 4.00. The van der Waals surface area contributed by atoms with Gasteiger partial charge in [-0.2, -0.15) is 0 Å². The van der Waals surface area contributed by atoms with Crippen LogP contribution in [0.15, 0.2) is 16.6 Å². The van der Waals surface area contributed by atoms with Crippen LogP contribution in [0, 0.1) is 11.6 Å². The van der Waals surface area contributed by atoms with Gasteiger partial charge in [-0.05, 0) is 12.1 Å². The highest BCUT2D eigenvalue weighted by molar-refractivity contribution is 9.10. The van der Waals surface area contributed by atoms with Crippen molar-refractivity contribution >= 4 is 15.9 Å². The van der Waals surface area contributed by atoms with Crippen molar-refractivity contribution in [2.24, 2.45) is 0 Å². The third-order valence-corrected chi connectivity index (χ3v) is 2.51. The fourth-order valence-electron chi connectivity index (χ4n) is 1.11. The van der Waals surface area contributed by atoms with Crippen molar-refractivity contribution in [3.05, 3.63) is 33.8 Å². The molecule has 5 heteroatoms. The van der Waals surface area contributed by atoms with Crippen LogP contribution >= 0.6 is 15.9 Å². The molecule has 0 fully saturated rings. The molecule has 14 heavy (non-hydrogen) atoms. The second-order valence-corrected chi connectivity index (χ2v) is 3.64. The fourth-order valence-corrected chi connectivity index (χ4v) is 1.69. The number of hydrogen-bond donors (Lipinski definition) is 2. The Morgan fingerprint density at radius 2 is 2.00 bits per heavy atom. The zero-order valence-electron chi connectivity index (χ0n) is 7.17. The van der Waals surface area contributed by atoms with Crippen molar-refractivity contribution in [1.82, 2.24) is 0 Å². The Hall–Kier alpha value is -0.520. The van der Waals surface area contributed by atoms with Gasteiger partial charge in [-0.25, -0.2) is 8.78 Å². The molecule has 0 aliphatic rings. The Morgan fingerprint density at radius 3 is 2.57 bits per heavy atom. The van der Waals surface area contributed by atoms with Gasteiger partial charge < -0.3 is 10.2 Å². The Balaban J connectivity index is 3.11. The number of benzene rings is 1. The van der Waals surface area contributed by atoms with E-state index in [2.05, 4.69) is 15.9 Å². The van der Waals surface area contributed by atoms with E-state index in [1.165, 1.54) is 6.07 Å². The van der Waals surface area contributed by atoms with Crippen LogP contribution in [0.3, 0.4) is 0 Å². The molecule has 1 rings (SSSR count). The highest BCUT2D eigenvalue weighted by Crippen LogP contribution is 2.29. The van der Waals surface area contributed by atoms with Gasteiger partial charge in [0.25, 0.3) is 0 Å². The molecule has 0 saturated heterocycles. The quantitative estimate of drug-likeness (QED) is 0.824.